The molecule has 0 saturated heterocycles. The highest BCUT2D eigenvalue weighted by atomic mass is 79.9. The van der Waals surface area contributed by atoms with Crippen molar-refractivity contribution in [3.63, 3.8) is 0 Å². The molecule has 0 aliphatic heterocycles. The molecular weight excluding hydrogens is 260 g/mol. The first kappa shape index (κ1) is 11.9. The quantitative estimate of drug-likeness (QED) is 0.782. The van der Waals surface area contributed by atoms with Gasteiger partial charge in [0.1, 0.15) is 4.47 Å². The van der Waals surface area contributed by atoms with Gasteiger partial charge in [0.25, 0.3) is 5.56 Å². The van der Waals surface area contributed by atoms with Crippen LogP contribution in [0.25, 0.3) is 0 Å². The van der Waals surface area contributed by atoms with Gasteiger partial charge in [0.15, 0.2) is 0 Å². The normalized spacial score (nSPS) is 10.9. The molecule has 0 radical (unpaired) electrons. The summed E-state index contributed by atoms with van der Waals surface area (Å²) in [6, 6.07) is 0. The Labute approximate surface area is 96.1 Å². The number of rotatable bonds is 4. The number of nitrogens with one attached hydrogen (secondary N) is 1. The van der Waals surface area contributed by atoms with E-state index in [1.165, 1.54) is 4.68 Å². The van der Waals surface area contributed by atoms with Crippen molar-refractivity contribution in [1.82, 2.24) is 9.78 Å². The highest BCUT2D eigenvalue weighted by molar-refractivity contribution is 9.10. The van der Waals surface area contributed by atoms with Crippen LogP contribution in [0.5, 0.6) is 0 Å². The van der Waals surface area contributed by atoms with E-state index >= 15 is 0 Å². The Hall–Kier alpha value is -1.14. The van der Waals surface area contributed by atoms with E-state index in [9.17, 15) is 4.79 Å². The molecule has 0 fully saturated rings. The van der Waals surface area contributed by atoms with Gasteiger partial charge >= 0.3 is 0 Å². The molecule has 0 aromatic carbocycles. The molecule has 6 heteroatoms. The summed E-state index contributed by atoms with van der Waals surface area (Å²) in [6.07, 6.45) is 5.33. The summed E-state index contributed by atoms with van der Waals surface area (Å²) in [5.41, 5.74) is 5.81. The fourth-order valence-electron chi connectivity index (χ4n) is 0.982. The van der Waals surface area contributed by atoms with Crippen molar-refractivity contribution < 1.29 is 0 Å². The van der Waals surface area contributed by atoms with E-state index in [4.69, 9.17) is 5.73 Å². The molecule has 5 nitrogen and oxygen atoms in total. The van der Waals surface area contributed by atoms with Crippen LogP contribution >= 0.6 is 15.9 Å². The van der Waals surface area contributed by atoms with Crippen molar-refractivity contribution in [2.45, 2.75) is 0 Å². The summed E-state index contributed by atoms with van der Waals surface area (Å²) < 4.78 is 1.76. The number of aryl methyl sites for hydroxylation is 1. The van der Waals surface area contributed by atoms with Crippen LogP contribution in [0, 0.1) is 0 Å². The average Bonchev–Trinajstić information content (AvgIpc) is 2.24. The van der Waals surface area contributed by atoms with Crippen LogP contribution in [0.3, 0.4) is 0 Å². The molecule has 0 bridgehead atoms. The van der Waals surface area contributed by atoms with Crippen molar-refractivity contribution in [2.24, 2.45) is 12.8 Å². The monoisotopic (exact) mass is 272 g/mol. The molecule has 1 aromatic rings. The number of halogens is 1. The second-order valence-corrected chi connectivity index (χ2v) is 3.68. The maximum absolute atomic E-state index is 11.5. The molecule has 82 valence electrons. The molecule has 1 heterocycles. The van der Waals surface area contributed by atoms with Gasteiger partial charge in [-0.25, -0.2) is 4.68 Å². The van der Waals surface area contributed by atoms with Gasteiger partial charge in [-0.15, -0.1) is 0 Å². The van der Waals surface area contributed by atoms with Crippen LogP contribution in [0.4, 0.5) is 5.69 Å². The number of aromatic nitrogens is 2. The summed E-state index contributed by atoms with van der Waals surface area (Å²) >= 11 is 3.22. The average molecular weight is 273 g/mol. The fraction of sp³-hybridized carbons (Fsp3) is 0.333. The van der Waals surface area contributed by atoms with Crippen LogP contribution in [0.1, 0.15) is 0 Å². The number of nitrogens with two attached hydrogens (primary N) is 1. The zero-order valence-corrected chi connectivity index (χ0v) is 9.99. The largest absolute Gasteiger partial charge is 0.379 e. The lowest BCUT2D eigenvalue weighted by Gasteiger charge is -2.05. The standard InChI is InChI=1S/C9H13BrN4O/c1-14-9(15)8(10)7(6-13-14)12-5-3-2-4-11/h2-3,6,12H,4-5,11H2,1H3/b3-2+. The second-order valence-electron chi connectivity index (χ2n) is 2.89. The van der Waals surface area contributed by atoms with E-state index in [0.29, 0.717) is 23.2 Å². The maximum Gasteiger partial charge on any atom is 0.282 e. The highest BCUT2D eigenvalue weighted by Gasteiger charge is 2.04. The summed E-state index contributed by atoms with van der Waals surface area (Å²) in [6.45, 7) is 1.13. The Balaban J connectivity index is 2.75. The molecule has 0 spiro atoms. The molecule has 1 rings (SSSR count). The van der Waals surface area contributed by atoms with Gasteiger partial charge in [0, 0.05) is 20.1 Å². The van der Waals surface area contributed by atoms with Crippen LogP contribution in [0.2, 0.25) is 0 Å². The van der Waals surface area contributed by atoms with Crippen molar-refractivity contribution >= 4 is 21.6 Å². The van der Waals surface area contributed by atoms with Crippen LogP contribution in [0.15, 0.2) is 27.6 Å². The lowest BCUT2D eigenvalue weighted by Crippen LogP contribution is -2.21. The van der Waals surface area contributed by atoms with Gasteiger partial charge < -0.3 is 11.1 Å². The van der Waals surface area contributed by atoms with Crippen molar-refractivity contribution in [3.05, 3.63) is 33.2 Å². The Morgan fingerprint density at radius 3 is 3.07 bits per heavy atom. The second kappa shape index (κ2) is 5.67. The molecule has 1 aromatic heterocycles. The van der Waals surface area contributed by atoms with E-state index in [0.717, 1.165) is 0 Å². The molecule has 3 N–H and O–H groups in total. The molecule has 0 saturated carbocycles. The lowest BCUT2D eigenvalue weighted by molar-refractivity contribution is 0.703. The van der Waals surface area contributed by atoms with E-state index in [1.54, 1.807) is 13.2 Å². The lowest BCUT2D eigenvalue weighted by atomic mass is 10.4. The topological polar surface area (TPSA) is 72.9 Å². The molecule has 0 unspecified atom stereocenters. The zero-order valence-electron chi connectivity index (χ0n) is 8.40. The van der Waals surface area contributed by atoms with Gasteiger partial charge in [-0.2, -0.15) is 5.10 Å². The summed E-state index contributed by atoms with van der Waals surface area (Å²) in [5.74, 6) is 0. The molecule has 0 aliphatic carbocycles. The third kappa shape index (κ3) is 3.17. The van der Waals surface area contributed by atoms with Gasteiger partial charge in [-0.3, -0.25) is 4.79 Å². The molecular formula is C9H13BrN4O. The van der Waals surface area contributed by atoms with Gasteiger partial charge in [0.05, 0.1) is 11.9 Å². The van der Waals surface area contributed by atoms with E-state index < -0.39 is 0 Å². The SMILES string of the molecule is Cn1ncc(NC/C=C/CN)c(Br)c1=O. The predicted molar refractivity (Wildman–Crippen MR) is 63.9 cm³/mol. The number of anilines is 1. The van der Waals surface area contributed by atoms with Crippen LogP contribution in [-0.2, 0) is 7.05 Å². The van der Waals surface area contributed by atoms with Crippen LogP contribution < -0.4 is 16.6 Å². The predicted octanol–water partition coefficient (Wildman–Crippen LogP) is 0.470. The summed E-state index contributed by atoms with van der Waals surface area (Å²) in [4.78, 5) is 11.5. The minimum absolute atomic E-state index is 0.164. The van der Waals surface area contributed by atoms with Crippen molar-refractivity contribution in [2.75, 3.05) is 18.4 Å². The first-order chi connectivity index (χ1) is 7.16. The molecule has 15 heavy (non-hydrogen) atoms. The van der Waals surface area contributed by atoms with Gasteiger partial charge in [0.2, 0.25) is 0 Å². The van der Waals surface area contributed by atoms with E-state index in [2.05, 4.69) is 26.3 Å². The smallest absolute Gasteiger partial charge is 0.282 e. The molecule has 0 aliphatic rings. The Morgan fingerprint density at radius 2 is 2.40 bits per heavy atom. The first-order valence-corrected chi connectivity index (χ1v) is 5.27. The third-order valence-electron chi connectivity index (χ3n) is 1.79. The van der Waals surface area contributed by atoms with E-state index in [-0.39, 0.29) is 5.56 Å². The van der Waals surface area contributed by atoms with Crippen molar-refractivity contribution in [3.8, 4) is 0 Å². The van der Waals surface area contributed by atoms with Gasteiger partial charge in [-0.05, 0) is 15.9 Å². The third-order valence-corrected chi connectivity index (χ3v) is 2.56. The fourth-order valence-corrected chi connectivity index (χ4v) is 1.48. The van der Waals surface area contributed by atoms with E-state index in [1.807, 2.05) is 12.2 Å². The van der Waals surface area contributed by atoms with Gasteiger partial charge in [-0.1, -0.05) is 12.2 Å². The zero-order chi connectivity index (χ0) is 11.3. The Morgan fingerprint density at radius 1 is 1.67 bits per heavy atom. The first-order valence-electron chi connectivity index (χ1n) is 4.47. The molecule has 0 atom stereocenters. The minimum atomic E-state index is -0.164. The Bertz CT molecular complexity index is 413. The summed E-state index contributed by atoms with van der Waals surface area (Å²) in [5, 5.41) is 6.95. The number of hydrogen-bond acceptors (Lipinski definition) is 4. The van der Waals surface area contributed by atoms with Crippen LogP contribution in [-0.4, -0.2) is 22.9 Å². The maximum atomic E-state index is 11.5. The summed E-state index contributed by atoms with van der Waals surface area (Å²) in [7, 11) is 1.60. The minimum Gasteiger partial charge on any atom is -0.379 e. The van der Waals surface area contributed by atoms with Crippen molar-refractivity contribution in [1.29, 1.82) is 0 Å². The molecule has 0 amide bonds. The highest BCUT2D eigenvalue weighted by Crippen LogP contribution is 2.15. The number of hydrogen-bond donors (Lipinski definition) is 2. The Kier molecular flexibility index (Phi) is 4.51. The number of nitrogens with zero attached hydrogens (tertiary/aromatic N) is 2.